The maximum Gasteiger partial charge on any atom is 0.354 e. The largest absolute Gasteiger partial charge is 0.497 e. The summed E-state index contributed by atoms with van der Waals surface area (Å²) in [6.07, 6.45) is 0.361. The fourth-order valence-electron chi connectivity index (χ4n) is 4.40. The molecule has 156 valence electrons. The maximum absolute atomic E-state index is 13.5. The molecule has 2 heterocycles. The number of hydrogen-bond donors (Lipinski definition) is 0. The fourth-order valence-corrected chi connectivity index (χ4v) is 4.40. The van der Waals surface area contributed by atoms with Crippen molar-refractivity contribution in [2.24, 2.45) is 0 Å². The Hall–Kier alpha value is -3.35. The lowest BCUT2D eigenvalue weighted by molar-refractivity contribution is -0.159. The zero-order valence-electron chi connectivity index (χ0n) is 17.3. The van der Waals surface area contributed by atoms with E-state index in [2.05, 4.69) is 0 Å². The van der Waals surface area contributed by atoms with E-state index in [4.69, 9.17) is 9.47 Å². The van der Waals surface area contributed by atoms with Gasteiger partial charge in [0, 0.05) is 18.9 Å². The van der Waals surface area contributed by atoms with Crippen molar-refractivity contribution in [1.82, 2.24) is 4.90 Å². The smallest absolute Gasteiger partial charge is 0.354 e. The van der Waals surface area contributed by atoms with Crippen LogP contribution in [0, 0.1) is 0 Å². The van der Waals surface area contributed by atoms with Crippen LogP contribution < -0.4 is 9.64 Å². The Balaban J connectivity index is 1.73. The highest BCUT2D eigenvalue weighted by Gasteiger charge is 2.62. The number of carbonyl (C=O) groups excluding carboxylic acids is 3. The summed E-state index contributed by atoms with van der Waals surface area (Å²) in [7, 11) is 1.57. The zero-order valence-corrected chi connectivity index (χ0v) is 17.3. The lowest BCUT2D eigenvalue weighted by atomic mass is 9.95. The molecule has 1 fully saturated rings. The molecule has 30 heavy (non-hydrogen) atoms. The van der Waals surface area contributed by atoms with Crippen LogP contribution in [0.5, 0.6) is 5.75 Å². The minimum atomic E-state index is -1.48. The number of amides is 2. The van der Waals surface area contributed by atoms with Crippen LogP contribution in [0.25, 0.3) is 0 Å². The van der Waals surface area contributed by atoms with Gasteiger partial charge >= 0.3 is 5.97 Å². The highest BCUT2D eigenvalue weighted by Crippen LogP contribution is 2.46. The van der Waals surface area contributed by atoms with Gasteiger partial charge in [0.1, 0.15) is 12.4 Å². The summed E-state index contributed by atoms with van der Waals surface area (Å²) < 4.78 is 10.9. The molecule has 1 unspecified atom stereocenters. The number of rotatable bonds is 5. The lowest BCUT2D eigenvalue weighted by Gasteiger charge is -2.50. The van der Waals surface area contributed by atoms with Gasteiger partial charge in [-0.1, -0.05) is 24.3 Å². The van der Waals surface area contributed by atoms with Crippen LogP contribution in [-0.4, -0.2) is 41.5 Å². The van der Waals surface area contributed by atoms with Gasteiger partial charge in [-0.05, 0) is 43.7 Å². The van der Waals surface area contributed by atoms with Crippen LogP contribution in [-0.2, 0) is 20.9 Å². The second-order valence-electron chi connectivity index (χ2n) is 7.76. The molecular formula is C23H24N2O5. The molecule has 0 spiro atoms. The number of anilines is 1. The molecule has 0 N–H and O–H groups in total. The van der Waals surface area contributed by atoms with E-state index in [1.165, 1.54) is 9.80 Å². The van der Waals surface area contributed by atoms with E-state index < -0.39 is 11.6 Å². The van der Waals surface area contributed by atoms with Crippen molar-refractivity contribution in [3.05, 3.63) is 59.7 Å². The number of benzene rings is 2. The molecular weight excluding hydrogens is 384 g/mol. The van der Waals surface area contributed by atoms with Crippen molar-refractivity contribution in [2.75, 3.05) is 12.0 Å². The maximum atomic E-state index is 13.5. The second-order valence-corrected chi connectivity index (χ2v) is 7.76. The predicted molar refractivity (Wildman–Crippen MR) is 110 cm³/mol. The van der Waals surface area contributed by atoms with Crippen LogP contribution >= 0.6 is 0 Å². The molecule has 2 aliphatic heterocycles. The lowest BCUT2D eigenvalue weighted by Crippen LogP contribution is -2.70. The van der Waals surface area contributed by atoms with E-state index in [0.29, 0.717) is 17.0 Å². The molecule has 4 rings (SSSR count). The normalized spacial score (nSPS) is 20.3. The third kappa shape index (κ3) is 2.93. The highest BCUT2D eigenvalue weighted by molar-refractivity contribution is 6.15. The zero-order chi connectivity index (χ0) is 21.5. The topological polar surface area (TPSA) is 76.1 Å². The van der Waals surface area contributed by atoms with Crippen molar-refractivity contribution >= 4 is 23.5 Å². The number of para-hydroxylation sites is 1. The number of methoxy groups -OCH3 is 1. The Labute approximate surface area is 175 Å². The predicted octanol–water partition coefficient (Wildman–Crippen LogP) is 3.13. The van der Waals surface area contributed by atoms with Gasteiger partial charge in [0.25, 0.3) is 5.91 Å². The molecule has 0 radical (unpaired) electrons. The molecule has 0 aromatic heterocycles. The number of carbonyl (C=O) groups is 3. The molecule has 2 aliphatic rings. The van der Waals surface area contributed by atoms with Crippen LogP contribution in [0.4, 0.5) is 5.69 Å². The Morgan fingerprint density at radius 2 is 1.90 bits per heavy atom. The molecule has 2 aromatic carbocycles. The van der Waals surface area contributed by atoms with Gasteiger partial charge in [-0.2, -0.15) is 0 Å². The fraction of sp³-hybridized carbons (Fsp3) is 0.348. The first-order chi connectivity index (χ1) is 14.4. The van der Waals surface area contributed by atoms with Crippen molar-refractivity contribution < 1.29 is 23.9 Å². The summed E-state index contributed by atoms with van der Waals surface area (Å²) in [6, 6.07) is 13.8. The van der Waals surface area contributed by atoms with Crippen LogP contribution in [0.15, 0.2) is 48.5 Å². The van der Waals surface area contributed by atoms with Crippen LogP contribution in [0.2, 0.25) is 0 Å². The van der Waals surface area contributed by atoms with Crippen molar-refractivity contribution in [2.45, 2.75) is 45.0 Å². The minimum absolute atomic E-state index is 0.0155. The number of hydrogen-bond acceptors (Lipinski definition) is 5. The van der Waals surface area contributed by atoms with Crippen molar-refractivity contribution in [3.63, 3.8) is 0 Å². The molecule has 1 saturated heterocycles. The third-order valence-electron chi connectivity index (χ3n) is 5.65. The standard InChI is InChI=1S/C23H24N2O5/c1-15(2)24-21(27)18-9-4-5-10-19(18)25-20(26)11-12-23(24,25)22(28)30-14-16-7-6-8-17(13-16)29-3/h4-10,13,15H,11-12,14H2,1-3H3. The number of ether oxygens (including phenoxy) is 2. The van der Waals surface area contributed by atoms with E-state index in [1.54, 1.807) is 43.5 Å². The molecule has 0 saturated carbocycles. The number of fused-ring (bicyclic) bond motifs is 3. The average Bonchev–Trinajstić information content (AvgIpc) is 3.10. The first-order valence-corrected chi connectivity index (χ1v) is 9.96. The monoisotopic (exact) mass is 408 g/mol. The Morgan fingerprint density at radius 1 is 1.13 bits per heavy atom. The van der Waals surface area contributed by atoms with Gasteiger partial charge < -0.3 is 14.4 Å². The van der Waals surface area contributed by atoms with E-state index in [0.717, 1.165) is 5.56 Å². The van der Waals surface area contributed by atoms with E-state index in [9.17, 15) is 14.4 Å². The quantitative estimate of drug-likeness (QED) is 0.711. The summed E-state index contributed by atoms with van der Waals surface area (Å²) in [5.41, 5.74) is 0.154. The second kappa shape index (κ2) is 7.48. The Morgan fingerprint density at radius 3 is 2.63 bits per heavy atom. The molecule has 1 atom stereocenters. The van der Waals surface area contributed by atoms with Gasteiger partial charge in [0.15, 0.2) is 0 Å². The van der Waals surface area contributed by atoms with Crippen LogP contribution in [0.1, 0.15) is 42.6 Å². The van der Waals surface area contributed by atoms with E-state index >= 15 is 0 Å². The number of nitrogens with zero attached hydrogens (tertiary/aromatic N) is 2. The van der Waals surface area contributed by atoms with Gasteiger partial charge in [0.2, 0.25) is 11.6 Å². The van der Waals surface area contributed by atoms with Gasteiger partial charge in [-0.15, -0.1) is 0 Å². The van der Waals surface area contributed by atoms with E-state index in [1.807, 2.05) is 26.0 Å². The van der Waals surface area contributed by atoms with E-state index in [-0.39, 0.29) is 37.3 Å². The van der Waals surface area contributed by atoms with Crippen molar-refractivity contribution in [3.8, 4) is 5.75 Å². The SMILES string of the molecule is COc1cccc(COC(=O)C23CCC(=O)N2c2ccccc2C(=O)N3C(C)C)c1. The van der Waals surface area contributed by atoms with Gasteiger partial charge in [0.05, 0.1) is 18.4 Å². The average molecular weight is 408 g/mol. The summed E-state index contributed by atoms with van der Waals surface area (Å²) >= 11 is 0. The first kappa shape index (κ1) is 19.9. The molecule has 7 heteroatoms. The Bertz CT molecular complexity index is 1020. The van der Waals surface area contributed by atoms with Crippen molar-refractivity contribution in [1.29, 1.82) is 0 Å². The molecule has 0 bridgehead atoms. The first-order valence-electron chi connectivity index (χ1n) is 9.96. The Kier molecular flexibility index (Phi) is 4.97. The molecule has 2 amide bonds. The summed E-state index contributed by atoms with van der Waals surface area (Å²) in [5, 5.41) is 0. The minimum Gasteiger partial charge on any atom is -0.497 e. The summed E-state index contributed by atoms with van der Waals surface area (Å²) in [4.78, 5) is 42.7. The number of esters is 1. The molecule has 2 aromatic rings. The third-order valence-corrected chi connectivity index (χ3v) is 5.65. The van der Waals surface area contributed by atoms with Gasteiger partial charge in [-0.25, -0.2) is 4.79 Å². The summed E-state index contributed by atoms with van der Waals surface area (Å²) in [5.74, 6) is -0.415. The van der Waals surface area contributed by atoms with Crippen LogP contribution in [0.3, 0.4) is 0 Å². The highest BCUT2D eigenvalue weighted by atomic mass is 16.5. The molecule has 0 aliphatic carbocycles. The van der Waals surface area contributed by atoms with Gasteiger partial charge in [-0.3, -0.25) is 14.5 Å². The summed E-state index contributed by atoms with van der Waals surface area (Å²) in [6.45, 7) is 3.69. The molecule has 7 nitrogen and oxygen atoms in total.